The third kappa shape index (κ3) is 3.08. The molecule has 0 saturated carbocycles. The van der Waals surface area contributed by atoms with Crippen molar-refractivity contribution in [1.82, 2.24) is 0 Å². The summed E-state index contributed by atoms with van der Waals surface area (Å²) in [4.78, 5) is 0. The Morgan fingerprint density at radius 1 is 1.42 bits per heavy atom. The Balaban J connectivity index is 2.59. The van der Waals surface area contributed by atoms with Gasteiger partial charge in [0.15, 0.2) is 6.29 Å². The second-order valence-corrected chi connectivity index (χ2v) is 5.71. The summed E-state index contributed by atoms with van der Waals surface area (Å²) in [5.41, 5.74) is 0. The highest BCUT2D eigenvalue weighted by molar-refractivity contribution is 7.92. The van der Waals surface area contributed by atoms with Crippen molar-refractivity contribution in [1.29, 1.82) is 0 Å². The van der Waals surface area contributed by atoms with Crippen LogP contribution in [0.5, 0.6) is 0 Å². The van der Waals surface area contributed by atoms with Gasteiger partial charge in [-0.1, -0.05) is 0 Å². The summed E-state index contributed by atoms with van der Waals surface area (Å²) in [6, 6.07) is -0.144. The van der Waals surface area contributed by atoms with Crippen molar-refractivity contribution in [2.24, 2.45) is 4.36 Å². The summed E-state index contributed by atoms with van der Waals surface area (Å²) in [6.45, 7) is 3.07. The van der Waals surface area contributed by atoms with Crippen molar-refractivity contribution >= 4 is 9.73 Å². The van der Waals surface area contributed by atoms with Crippen LogP contribution in [0.15, 0.2) is 4.36 Å². The van der Waals surface area contributed by atoms with Crippen LogP contribution in [-0.2, 0) is 19.2 Å². The molecule has 0 N–H and O–H groups in total. The van der Waals surface area contributed by atoms with Gasteiger partial charge in [0.2, 0.25) is 0 Å². The topological polar surface area (TPSA) is 47.9 Å². The Morgan fingerprint density at radius 2 is 1.92 bits per heavy atom. The normalized spacial score (nSPS) is 22.6. The summed E-state index contributed by atoms with van der Waals surface area (Å²) in [5.74, 6) is 0. The molecule has 1 aliphatic rings. The first-order valence-corrected chi connectivity index (χ1v) is 6.21. The van der Waals surface area contributed by atoms with Crippen LogP contribution in [0.1, 0.15) is 6.92 Å². The van der Waals surface area contributed by atoms with Crippen molar-refractivity contribution in [3.05, 3.63) is 0 Å². The van der Waals surface area contributed by atoms with E-state index in [0.29, 0.717) is 13.2 Å². The van der Waals surface area contributed by atoms with Gasteiger partial charge in [0.05, 0.1) is 13.2 Å². The first-order chi connectivity index (χ1) is 5.49. The molecule has 5 heteroatoms. The molecule has 0 unspecified atom stereocenters. The van der Waals surface area contributed by atoms with Gasteiger partial charge in [-0.25, -0.2) is 4.36 Å². The lowest BCUT2D eigenvalue weighted by Crippen LogP contribution is -2.23. The monoisotopic (exact) mass is 193 g/mol. The molecule has 0 spiro atoms. The first-order valence-electron chi connectivity index (χ1n) is 3.88. The standard InChI is InChI=1S/C7H15NO3S/c1-6(8-12(2,3)9)7-10-4-5-11-7/h6-7H,4-5H2,1-3H3/t6-/m0/s1. The van der Waals surface area contributed by atoms with Crippen molar-refractivity contribution in [2.75, 3.05) is 25.7 Å². The van der Waals surface area contributed by atoms with Crippen molar-refractivity contribution in [3.8, 4) is 0 Å². The van der Waals surface area contributed by atoms with Gasteiger partial charge in [-0.15, -0.1) is 0 Å². The fourth-order valence-corrected chi connectivity index (χ4v) is 2.01. The van der Waals surface area contributed by atoms with Crippen molar-refractivity contribution < 1.29 is 13.7 Å². The molecule has 0 aliphatic carbocycles. The number of nitrogens with zero attached hydrogens (tertiary/aromatic N) is 1. The van der Waals surface area contributed by atoms with E-state index in [1.807, 2.05) is 6.92 Å². The first kappa shape index (κ1) is 9.95. The molecule has 0 amide bonds. The number of ether oxygens (including phenoxy) is 2. The maximum absolute atomic E-state index is 11.3. The Labute approximate surface area is 73.4 Å². The molecule has 1 atom stereocenters. The third-order valence-corrected chi connectivity index (χ3v) is 2.30. The molecule has 1 aliphatic heterocycles. The van der Waals surface area contributed by atoms with Crippen LogP contribution >= 0.6 is 0 Å². The number of hydrogen-bond acceptors (Lipinski definition) is 4. The fourth-order valence-electron chi connectivity index (χ4n) is 1.11. The molecule has 0 aromatic rings. The highest BCUT2D eigenvalue weighted by Crippen LogP contribution is 2.11. The SMILES string of the molecule is C[C@H](N=S(C)(C)=O)C1OCCO1. The van der Waals surface area contributed by atoms with Gasteiger partial charge in [0.25, 0.3) is 0 Å². The van der Waals surface area contributed by atoms with E-state index in [0.717, 1.165) is 0 Å². The summed E-state index contributed by atoms with van der Waals surface area (Å²) in [7, 11) is -2.05. The van der Waals surface area contributed by atoms with Gasteiger partial charge >= 0.3 is 0 Å². The largest absolute Gasteiger partial charge is 0.348 e. The fraction of sp³-hybridized carbons (Fsp3) is 1.00. The van der Waals surface area contributed by atoms with Gasteiger partial charge in [-0.3, -0.25) is 4.21 Å². The predicted octanol–water partition coefficient (Wildman–Crippen LogP) is 0.475. The maximum Gasteiger partial charge on any atom is 0.180 e. The predicted molar refractivity (Wildman–Crippen MR) is 47.6 cm³/mol. The number of rotatable bonds is 2. The second-order valence-electron chi connectivity index (χ2n) is 3.14. The Bertz CT molecular complexity index is 243. The lowest BCUT2D eigenvalue weighted by atomic mass is 10.4. The molecule has 0 radical (unpaired) electrons. The molecular formula is C7H15NO3S. The summed E-state index contributed by atoms with van der Waals surface area (Å²) in [6.07, 6.45) is 2.92. The molecular weight excluding hydrogens is 178 g/mol. The molecule has 12 heavy (non-hydrogen) atoms. The molecule has 1 fully saturated rings. The minimum atomic E-state index is -2.05. The highest BCUT2D eigenvalue weighted by Gasteiger charge is 2.23. The average molecular weight is 193 g/mol. The zero-order valence-corrected chi connectivity index (χ0v) is 8.47. The van der Waals surface area contributed by atoms with E-state index >= 15 is 0 Å². The van der Waals surface area contributed by atoms with Gasteiger partial charge in [0.1, 0.15) is 6.04 Å². The Kier molecular flexibility index (Phi) is 3.09. The van der Waals surface area contributed by atoms with E-state index in [1.54, 1.807) is 12.5 Å². The number of hydrogen-bond donors (Lipinski definition) is 0. The molecule has 1 heterocycles. The summed E-state index contributed by atoms with van der Waals surface area (Å²) in [5, 5.41) is 0. The molecule has 0 bridgehead atoms. The van der Waals surface area contributed by atoms with Crippen LogP contribution in [-0.4, -0.2) is 42.3 Å². The lowest BCUT2D eigenvalue weighted by Gasteiger charge is -2.13. The van der Waals surface area contributed by atoms with E-state index < -0.39 is 9.73 Å². The lowest BCUT2D eigenvalue weighted by molar-refractivity contribution is -0.0538. The van der Waals surface area contributed by atoms with Crippen LogP contribution in [0.25, 0.3) is 0 Å². The molecule has 0 aromatic heterocycles. The Morgan fingerprint density at radius 3 is 2.33 bits per heavy atom. The maximum atomic E-state index is 11.3. The minimum absolute atomic E-state index is 0.144. The molecule has 72 valence electrons. The van der Waals surface area contributed by atoms with Gasteiger partial charge in [-0.05, 0) is 6.92 Å². The molecule has 0 aromatic carbocycles. The molecule has 1 rings (SSSR count). The van der Waals surface area contributed by atoms with Crippen LogP contribution in [0.3, 0.4) is 0 Å². The summed E-state index contributed by atoms with van der Waals surface area (Å²) >= 11 is 0. The zero-order valence-electron chi connectivity index (χ0n) is 7.65. The average Bonchev–Trinajstić information content (AvgIpc) is 2.32. The van der Waals surface area contributed by atoms with Gasteiger partial charge in [0, 0.05) is 22.2 Å². The van der Waals surface area contributed by atoms with E-state index in [1.165, 1.54) is 0 Å². The Hall–Kier alpha value is -0.130. The quantitative estimate of drug-likeness (QED) is 0.640. The highest BCUT2D eigenvalue weighted by atomic mass is 32.2. The van der Waals surface area contributed by atoms with E-state index in [4.69, 9.17) is 9.47 Å². The van der Waals surface area contributed by atoms with Crippen LogP contribution in [0, 0.1) is 0 Å². The molecule has 4 nitrogen and oxygen atoms in total. The minimum Gasteiger partial charge on any atom is -0.348 e. The van der Waals surface area contributed by atoms with Gasteiger partial charge in [-0.2, -0.15) is 0 Å². The molecule has 1 saturated heterocycles. The van der Waals surface area contributed by atoms with Crippen LogP contribution in [0.4, 0.5) is 0 Å². The van der Waals surface area contributed by atoms with E-state index in [9.17, 15) is 4.21 Å². The van der Waals surface area contributed by atoms with E-state index in [-0.39, 0.29) is 12.3 Å². The summed E-state index contributed by atoms with van der Waals surface area (Å²) < 4.78 is 25.8. The zero-order chi connectivity index (χ0) is 9.19. The van der Waals surface area contributed by atoms with Crippen LogP contribution < -0.4 is 0 Å². The van der Waals surface area contributed by atoms with Crippen molar-refractivity contribution in [3.63, 3.8) is 0 Å². The van der Waals surface area contributed by atoms with Gasteiger partial charge < -0.3 is 9.47 Å². The van der Waals surface area contributed by atoms with E-state index in [2.05, 4.69) is 4.36 Å². The third-order valence-electron chi connectivity index (χ3n) is 1.46. The smallest absolute Gasteiger partial charge is 0.180 e. The van der Waals surface area contributed by atoms with Crippen LogP contribution in [0.2, 0.25) is 0 Å². The second kappa shape index (κ2) is 3.72. The van der Waals surface area contributed by atoms with Crippen molar-refractivity contribution in [2.45, 2.75) is 19.3 Å².